The number of anilines is 1. The van der Waals surface area contributed by atoms with Crippen molar-refractivity contribution in [1.82, 2.24) is 4.57 Å². The lowest BCUT2D eigenvalue weighted by atomic mass is 9.95. The summed E-state index contributed by atoms with van der Waals surface area (Å²) < 4.78 is 7.06. The number of rotatable bonds is 3. The number of ether oxygens (including phenoxy) is 1. The SMILES string of the molecule is CCOC(=O)c1cc(N)cn1C1CCCCC1. The molecular formula is C13H20N2O2. The summed E-state index contributed by atoms with van der Waals surface area (Å²) in [4.78, 5) is 11.8. The highest BCUT2D eigenvalue weighted by Crippen LogP contribution is 2.30. The quantitative estimate of drug-likeness (QED) is 0.821. The summed E-state index contributed by atoms with van der Waals surface area (Å²) in [6.07, 6.45) is 7.86. The number of hydrogen-bond donors (Lipinski definition) is 1. The number of nitrogen functional groups attached to an aromatic ring is 1. The van der Waals surface area contributed by atoms with E-state index in [2.05, 4.69) is 0 Å². The lowest BCUT2D eigenvalue weighted by Crippen LogP contribution is -2.18. The van der Waals surface area contributed by atoms with Gasteiger partial charge in [-0.2, -0.15) is 0 Å². The normalized spacial score (nSPS) is 17.0. The van der Waals surface area contributed by atoms with Gasteiger partial charge in [-0.3, -0.25) is 0 Å². The zero-order valence-corrected chi connectivity index (χ0v) is 10.3. The average molecular weight is 236 g/mol. The van der Waals surface area contributed by atoms with Gasteiger partial charge in [0.15, 0.2) is 0 Å². The van der Waals surface area contributed by atoms with Crippen LogP contribution in [0.15, 0.2) is 12.3 Å². The van der Waals surface area contributed by atoms with Crippen molar-refractivity contribution in [2.75, 3.05) is 12.3 Å². The zero-order chi connectivity index (χ0) is 12.3. The molecule has 0 aliphatic heterocycles. The van der Waals surface area contributed by atoms with Gasteiger partial charge in [-0.15, -0.1) is 0 Å². The first-order valence-corrected chi connectivity index (χ1v) is 6.37. The molecule has 4 heteroatoms. The van der Waals surface area contributed by atoms with Crippen molar-refractivity contribution in [3.05, 3.63) is 18.0 Å². The van der Waals surface area contributed by atoms with Crippen LogP contribution >= 0.6 is 0 Å². The molecule has 0 saturated heterocycles. The van der Waals surface area contributed by atoms with Gasteiger partial charge < -0.3 is 15.0 Å². The fourth-order valence-corrected chi connectivity index (χ4v) is 2.53. The number of carbonyl (C=O) groups excluding carboxylic acids is 1. The van der Waals surface area contributed by atoms with Crippen molar-refractivity contribution in [3.63, 3.8) is 0 Å². The maximum absolute atomic E-state index is 11.8. The highest BCUT2D eigenvalue weighted by Gasteiger charge is 2.21. The third-order valence-corrected chi connectivity index (χ3v) is 3.32. The molecule has 2 N–H and O–H groups in total. The monoisotopic (exact) mass is 236 g/mol. The summed E-state index contributed by atoms with van der Waals surface area (Å²) in [7, 11) is 0. The van der Waals surface area contributed by atoms with Crippen LogP contribution in [-0.4, -0.2) is 17.1 Å². The zero-order valence-electron chi connectivity index (χ0n) is 10.3. The maximum Gasteiger partial charge on any atom is 0.355 e. The maximum atomic E-state index is 11.8. The molecule has 0 bridgehead atoms. The minimum atomic E-state index is -0.269. The molecule has 0 amide bonds. The summed E-state index contributed by atoms with van der Waals surface area (Å²) in [6, 6.07) is 2.12. The summed E-state index contributed by atoms with van der Waals surface area (Å²) in [5.41, 5.74) is 7.02. The third-order valence-electron chi connectivity index (χ3n) is 3.32. The van der Waals surface area contributed by atoms with Crippen LogP contribution in [0, 0.1) is 0 Å². The van der Waals surface area contributed by atoms with E-state index in [9.17, 15) is 4.79 Å². The van der Waals surface area contributed by atoms with Gasteiger partial charge >= 0.3 is 5.97 Å². The van der Waals surface area contributed by atoms with Crippen molar-refractivity contribution >= 4 is 11.7 Å². The van der Waals surface area contributed by atoms with E-state index in [0.717, 1.165) is 12.8 Å². The molecule has 1 fully saturated rings. The highest BCUT2D eigenvalue weighted by molar-refractivity contribution is 5.89. The summed E-state index contributed by atoms with van der Waals surface area (Å²) in [5, 5.41) is 0. The van der Waals surface area contributed by atoms with Crippen LogP contribution < -0.4 is 5.73 Å². The van der Waals surface area contributed by atoms with E-state index in [0.29, 0.717) is 24.0 Å². The molecule has 94 valence electrons. The Morgan fingerprint density at radius 1 is 1.47 bits per heavy atom. The molecule has 1 aliphatic rings. The van der Waals surface area contributed by atoms with Gasteiger partial charge in [-0.1, -0.05) is 19.3 Å². The summed E-state index contributed by atoms with van der Waals surface area (Å²) >= 11 is 0. The van der Waals surface area contributed by atoms with Crippen molar-refractivity contribution in [2.45, 2.75) is 45.1 Å². The van der Waals surface area contributed by atoms with Crippen LogP contribution in [0.5, 0.6) is 0 Å². The Morgan fingerprint density at radius 2 is 2.18 bits per heavy atom. The molecule has 0 radical (unpaired) electrons. The van der Waals surface area contributed by atoms with Gasteiger partial charge in [0.05, 0.1) is 12.3 Å². The van der Waals surface area contributed by atoms with E-state index in [1.165, 1.54) is 19.3 Å². The first-order chi connectivity index (χ1) is 8.22. The van der Waals surface area contributed by atoms with E-state index in [4.69, 9.17) is 10.5 Å². The number of carbonyl (C=O) groups is 1. The van der Waals surface area contributed by atoms with Gasteiger partial charge in [0, 0.05) is 12.2 Å². The lowest BCUT2D eigenvalue weighted by Gasteiger charge is -2.24. The third kappa shape index (κ3) is 2.62. The topological polar surface area (TPSA) is 57.2 Å². The molecule has 1 aliphatic carbocycles. The Labute approximate surface area is 102 Å². The van der Waals surface area contributed by atoms with E-state index < -0.39 is 0 Å². The van der Waals surface area contributed by atoms with Gasteiger partial charge in [-0.05, 0) is 25.8 Å². The molecule has 17 heavy (non-hydrogen) atoms. The molecule has 1 saturated carbocycles. The second-order valence-corrected chi connectivity index (χ2v) is 4.58. The molecule has 1 aromatic rings. The molecule has 0 unspecified atom stereocenters. The Balaban J connectivity index is 2.22. The predicted octanol–water partition coefficient (Wildman–Crippen LogP) is 2.75. The van der Waals surface area contributed by atoms with Crippen molar-refractivity contribution in [2.24, 2.45) is 0 Å². The van der Waals surface area contributed by atoms with E-state index in [1.54, 1.807) is 6.07 Å². The molecule has 2 rings (SSSR count). The predicted molar refractivity (Wildman–Crippen MR) is 66.9 cm³/mol. The fourth-order valence-electron chi connectivity index (χ4n) is 2.53. The molecule has 1 aromatic heterocycles. The average Bonchev–Trinajstić information content (AvgIpc) is 2.73. The number of aromatic nitrogens is 1. The van der Waals surface area contributed by atoms with Crippen LogP contribution in [0.4, 0.5) is 5.69 Å². The molecular weight excluding hydrogens is 216 g/mol. The minimum Gasteiger partial charge on any atom is -0.461 e. The summed E-state index contributed by atoms with van der Waals surface area (Å²) in [5.74, 6) is -0.269. The molecule has 0 aromatic carbocycles. The Bertz CT molecular complexity index is 392. The number of esters is 1. The molecule has 1 heterocycles. The minimum absolute atomic E-state index is 0.269. The van der Waals surface area contributed by atoms with Crippen LogP contribution in [0.2, 0.25) is 0 Å². The van der Waals surface area contributed by atoms with E-state index in [1.807, 2.05) is 17.7 Å². The second kappa shape index (κ2) is 5.25. The molecule has 0 atom stereocenters. The molecule has 4 nitrogen and oxygen atoms in total. The van der Waals surface area contributed by atoms with Crippen molar-refractivity contribution < 1.29 is 9.53 Å². The van der Waals surface area contributed by atoms with Gasteiger partial charge in [-0.25, -0.2) is 4.79 Å². The van der Waals surface area contributed by atoms with E-state index in [-0.39, 0.29) is 5.97 Å². The van der Waals surface area contributed by atoms with Crippen LogP contribution in [0.25, 0.3) is 0 Å². The number of hydrogen-bond acceptors (Lipinski definition) is 3. The number of nitrogens with zero attached hydrogens (tertiary/aromatic N) is 1. The lowest BCUT2D eigenvalue weighted by molar-refractivity contribution is 0.0509. The fraction of sp³-hybridized carbons (Fsp3) is 0.615. The van der Waals surface area contributed by atoms with Crippen LogP contribution in [-0.2, 0) is 4.74 Å². The first kappa shape index (κ1) is 12.0. The Morgan fingerprint density at radius 3 is 2.82 bits per heavy atom. The van der Waals surface area contributed by atoms with Crippen LogP contribution in [0.3, 0.4) is 0 Å². The standard InChI is InChI=1S/C13H20N2O2/c1-2-17-13(16)12-8-10(14)9-15(12)11-6-4-3-5-7-11/h8-9,11H,2-7,14H2,1H3. The van der Waals surface area contributed by atoms with Gasteiger partial charge in [0.25, 0.3) is 0 Å². The highest BCUT2D eigenvalue weighted by atomic mass is 16.5. The largest absolute Gasteiger partial charge is 0.461 e. The second-order valence-electron chi connectivity index (χ2n) is 4.58. The first-order valence-electron chi connectivity index (χ1n) is 6.37. The van der Waals surface area contributed by atoms with Crippen LogP contribution in [0.1, 0.15) is 55.6 Å². The Kier molecular flexibility index (Phi) is 3.71. The van der Waals surface area contributed by atoms with E-state index >= 15 is 0 Å². The smallest absolute Gasteiger partial charge is 0.355 e. The van der Waals surface area contributed by atoms with Crippen molar-refractivity contribution in [1.29, 1.82) is 0 Å². The summed E-state index contributed by atoms with van der Waals surface area (Å²) in [6.45, 7) is 2.21. The molecule has 0 spiro atoms. The Hall–Kier alpha value is -1.45. The van der Waals surface area contributed by atoms with Gasteiger partial charge in [0.1, 0.15) is 5.69 Å². The van der Waals surface area contributed by atoms with Gasteiger partial charge in [0.2, 0.25) is 0 Å². The number of nitrogens with two attached hydrogens (primary N) is 1. The van der Waals surface area contributed by atoms with Crippen molar-refractivity contribution in [3.8, 4) is 0 Å².